The third-order valence-electron chi connectivity index (χ3n) is 5.80. The molecule has 0 spiro atoms. The molecule has 146 valence electrons. The van der Waals surface area contributed by atoms with Crippen molar-refractivity contribution in [3.05, 3.63) is 45.9 Å². The van der Waals surface area contributed by atoms with Crippen LogP contribution in [0.4, 0.5) is 5.82 Å². The highest BCUT2D eigenvalue weighted by Crippen LogP contribution is 2.34. The Kier molecular flexibility index (Phi) is 4.40. The highest BCUT2D eigenvalue weighted by Gasteiger charge is 2.40. The van der Waals surface area contributed by atoms with Gasteiger partial charge in [0, 0.05) is 49.9 Å². The molecular formula is C20H25N7S. The Balaban J connectivity index is 1.27. The lowest BCUT2D eigenvalue weighted by molar-refractivity contribution is 0.305. The van der Waals surface area contributed by atoms with Crippen molar-refractivity contribution in [3.63, 3.8) is 0 Å². The van der Waals surface area contributed by atoms with Crippen molar-refractivity contribution in [1.82, 2.24) is 29.6 Å². The molecule has 3 aromatic heterocycles. The van der Waals surface area contributed by atoms with Gasteiger partial charge in [0.25, 0.3) is 0 Å². The molecule has 0 radical (unpaired) electrons. The fraction of sp³-hybridized carbons (Fsp3) is 0.500. The van der Waals surface area contributed by atoms with Gasteiger partial charge in [-0.05, 0) is 38.7 Å². The van der Waals surface area contributed by atoms with Crippen LogP contribution in [0, 0.1) is 32.6 Å². The lowest BCUT2D eigenvalue weighted by atomic mass is 10.0. The molecule has 0 aliphatic carbocycles. The zero-order valence-electron chi connectivity index (χ0n) is 16.5. The average molecular weight is 396 g/mol. The molecule has 0 bridgehead atoms. The van der Waals surface area contributed by atoms with Crippen LogP contribution in [0.25, 0.3) is 5.82 Å². The standard InChI is InChI=1S/C20H25N7S/c1-13-4-14(2)27(24-13)20-5-19(21-12-22-20)26-8-16-6-25(7-17(16)9-26)10-18-11-28-15(3)23-18/h4-5,11-12,16-17H,6-10H2,1-3H3. The Labute approximate surface area is 169 Å². The molecule has 8 heteroatoms. The van der Waals surface area contributed by atoms with Gasteiger partial charge in [0.05, 0.1) is 16.4 Å². The Morgan fingerprint density at radius 3 is 2.39 bits per heavy atom. The summed E-state index contributed by atoms with van der Waals surface area (Å²) in [5.41, 5.74) is 3.31. The summed E-state index contributed by atoms with van der Waals surface area (Å²) in [6.45, 7) is 11.5. The number of likely N-dealkylation sites (tertiary alicyclic amines) is 1. The molecule has 28 heavy (non-hydrogen) atoms. The first-order valence-electron chi connectivity index (χ1n) is 9.79. The van der Waals surface area contributed by atoms with Crippen molar-refractivity contribution >= 4 is 17.2 Å². The maximum Gasteiger partial charge on any atom is 0.159 e. The van der Waals surface area contributed by atoms with Gasteiger partial charge < -0.3 is 4.90 Å². The highest BCUT2D eigenvalue weighted by molar-refractivity contribution is 7.09. The van der Waals surface area contributed by atoms with E-state index in [4.69, 9.17) is 0 Å². The highest BCUT2D eigenvalue weighted by atomic mass is 32.1. The van der Waals surface area contributed by atoms with Crippen LogP contribution in [-0.2, 0) is 6.54 Å². The molecule has 5 heterocycles. The summed E-state index contributed by atoms with van der Waals surface area (Å²) in [6.07, 6.45) is 1.66. The largest absolute Gasteiger partial charge is 0.356 e. The Morgan fingerprint density at radius 2 is 1.75 bits per heavy atom. The fourth-order valence-corrected chi connectivity index (χ4v) is 5.21. The molecule has 2 atom stereocenters. The first-order valence-corrected chi connectivity index (χ1v) is 10.7. The van der Waals surface area contributed by atoms with Crippen LogP contribution in [0.5, 0.6) is 0 Å². The molecule has 0 aromatic carbocycles. The van der Waals surface area contributed by atoms with Gasteiger partial charge in [-0.15, -0.1) is 11.3 Å². The van der Waals surface area contributed by atoms with Crippen molar-refractivity contribution in [2.24, 2.45) is 11.8 Å². The molecule has 0 saturated carbocycles. The maximum atomic E-state index is 4.62. The molecule has 2 fully saturated rings. The number of rotatable bonds is 4. The summed E-state index contributed by atoms with van der Waals surface area (Å²) in [7, 11) is 0. The second-order valence-corrected chi connectivity index (χ2v) is 9.11. The first kappa shape index (κ1) is 17.8. The number of hydrogen-bond donors (Lipinski definition) is 0. The monoisotopic (exact) mass is 395 g/mol. The van der Waals surface area contributed by atoms with E-state index in [1.54, 1.807) is 17.7 Å². The van der Waals surface area contributed by atoms with Crippen molar-refractivity contribution in [1.29, 1.82) is 0 Å². The number of fused-ring (bicyclic) bond motifs is 1. The Hall–Kier alpha value is -2.32. The van der Waals surface area contributed by atoms with E-state index < -0.39 is 0 Å². The van der Waals surface area contributed by atoms with Crippen LogP contribution in [0.1, 0.15) is 22.1 Å². The zero-order chi connectivity index (χ0) is 19.3. The van der Waals surface area contributed by atoms with E-state index in [2.05, 4.69) is 61.2 Å². The van der Waals surface area contributed by atoms with E-state index in [0.717, 1.165) is 60.8 Å². The van der Waals surface area contributed by atoms with Crippen molar-refractivity contribution in [2.45, 2.75) is 27.3 Å². The molecule has 0 N–H and O–H groups in total. The molecule has 2 aliphatic rings. The average Bonchev–Trinajstić information content (AvgIpc) is 3.40. The van der Waals surface area contributed by atoms with Gasteiger partial charge in [-0.25, -0.2) is 19.6 Å². The van der Waals surface area contributed by atoms with E-state index in [-0.39, 0.29) is 0 Å². The van der Waals surface area contributed by atoms with E-state index in [9.17, 15) is 0 Å². The van der Waals surface area contributed by atoms with Gasteiger partial charge in [-0.2, -0.15) is 5.10 Å². The molecular weight excluding hydrogens is 370 g/mol. The summed E-state index contributed by atoms with van der Waals surface area (Å²) in [6, 6.07) is 4.14. The summed E-state index contributed by atoms with van der Waals surface area (Å²) in [5, 5.41) is 7.90. The Bertz CT molecular complexity index is 980. The summed E-state index contributed by atoms with van der Waals surface area (Å²) in [4.78, 5) is 18.6. The summed E-state index contributed by atoms with van der Waals surface area (Å²) < 4.78 is 1.90. The number of thiazole rings is 1. The molecule has 2 saturated heterocycles. The third-order valence-corrected chi connectivity index (χ3v) is 6.63. The molecule has 2 aliphatic heterocycles. The van der Waals surface area contributed by atoms with Gasteiger partial charge in [-0.3, -0.25) is 4.90 Å². The lowest BCUT2D eigenvalue weighted by Crippen LogP contribution is -2.29. The maximum absolute atomic E-state index is 4.62. The Morgan fingerprint density at radius 1 is 1.00 bits per heavy atom. The van der Waals surface area contributed by atoms with Crippen LogP contribution in [0.2, 0.25) is 0 Å². The smallest absolute Gasteiger partial charge is 0.159 e. The van der Waals surface area contributed by atoms with Gasteiger partial charge in [0.1, 0.15) is 12.1 Å². The van der Waals surface area contributed by atoms with E-state index in [1.165, 1.54) is 5.69 Å². The van der Waals surface area contributed by atoms with Crippen LogP contribution in [0.3, 0.4) is 0 Å². The van der Waals surface area contributed by atoms with E-state index >= 15 is 0 Å². The minimum Gasteiger partial charge on any atom is -0.356 e. The summed E-state index contributed by atoms with van der Waals surface area (Å²) in [5.74, 6) is 3.25. The van der Waals surface area contributed by atoms with Gasteiger partial charge in [-0.1, -0.05) is 0 Å². The van der Waals surface area contributed by atoms with Gasteiger partial charge >= 0.3 is 0 Å². The van der Waals surface area contributed by atoms with Crippen LogP contribution in [-0.4, -0.2) is 55.8 Å². The van der Waals surface area contributed by atoms with Crippen LogP contribution in [0.15, 0.2) is 23.8 Å². The fourth-order valence-electron chi connectivity index (χ4n) is 4.60. The molecule has 0 amide bonds. The molecule has 2 unspecified atom stereocenters. The normalized spacial score (nSPS) is 22.2. The number of anilines is 1. The molecule has 5 rings (SSSR count). The van der Waals surface area contributed by atoms with Crippen molar-refractivity contribution in [3.8, 4) is 5.82 Å². The van der Waals surface area contributed by atoms with Crippen molar-refractivity contribution < 1.29 is 0 Å². The summed E-state index contributed by atoms with van der Waals surface area (Å²) >= 11 is 1.74. The van der Waals surface area contributed by atoms with E-state index in [0.29, 0.717) is 11.8 Å². The molecule has 7 nitrogen and oxygen atoms in total. The predicted octanol–water partition coefficient (Wildman–Crippen LogP) is 2.61. The second-order valence-electron chi connectivity index (χ2n) is 8.05. The van der Waals surface area contributed by atoms with Gasteiger partial charge in [0.15, 0.2) is 5.82 Å². The lowest BCUT2D eigenvalue weighted by Gasteiger charge is -2.22. The second kappa shape index (κ2) is 6.93. The zero-order valence-corrected chi connectivity index (χ0v) is 17.4. The number of hydrogen-bond acceptors (Lipinski definition) is 7. The van der Waals surface area contributed by atoms with E-state index in [1.807, 2.05) is 11.6 Å². The SMILES string of the molecule is Cc1cc(C)n(-c2cc(N3CC4CN(Cc5csc(C)n5)CC4C3)ncn2)n1. The third kappa shape index (κ3) is 3.31. The number of nitrogens with zero attached hydrogens (tertiary/aromatic N) is 7. The minimum atomic E-state index is 0.701. The predicted molar refractivity (Wildman–Crippen MR) is 110 cm³/mol. The molecule has 3 aromatic rings. The van der Waals surface area contributed by atoms with Gasteiger partial charge in [0.2, 0.25) is 0 Å². The minimum absolute atomic E-state index is 0.701. The first-order chi connectivity index (χ1) is 13.5. The van der Waals surface area contributed by atoms with Crippen molar-refractivity contribution in [2.75, 3.05) is 31.1 Å². The quantitative estimate of drug-likeness (QED) is 0.677. The van der Waals surface area contributed by atoms with Crippen LogP contribution < -0.4 is 4.90 Å². The van der Waals surface area contributed by atoms with Crippen LogP contribution >= 0.6 is 11.3 Å². The topological polar surface area (TPSA) is 63.0 Å². The number of aromatic nitrogens is 5. The number of aryl methyl sites for hydroxylation is 3.